The lowest BCUT2D eigenvalue weighted by molar-refractivity contribution is 0.414. The molecule has 0 saturated heterocycles. The summed E-state index contributed by atoms with van der Waals surface area (Å²) in [7, 11) is 1.57. The van der Waals surface area contributed by atoms with Crippen molar-refractivity contribution < 1.29 is 13.6 Å². The Kier molecular flexibility index (Phi) is 4.45. The van der Waals surface area contributed by atoms with E-state index in [1.54, 1.807) is 13.2 Å². The first kappa shape index (κ1) is 16.4. The Balaban J connectivity index is 1.58. The van der Waals surface area contributed by atoms with Gasteiger partial charge >= 0.3 is 5.63 Å². The Morgan fingerprint density at radius 3 is 2.69 bits per heavy atom. The van der Waals surface area contributed by atoms with Gasteiger partial charge in [0.05, 0.1) is 7.11 Å². The first-order valence-corrected chi connectivity index (χ1v) is 8.84. The molecule has 2 heterocycles. The van der Waals surface area contributed by atoms with Crippen molar-refractivity contribution in [3.05, 3.63) is 70.6 Å². The minimum atomic E-state index is -0.406. The molecule has 0 fully saturated rings. The first-order chi connectivity index (χ1) is 12.7. The van der Waals surface area contributed by atoms with E-state index in [-0.39, 0.29) is 0 Å². The summed E-state index contributed by atoms with van der Waals surface area (Å²) in [6.07, 6.45) is 0. The zero-order chi connectivity index (χ0) is 17.9. The summed E-state index contributed by atoms with van der Waals surface area (Å²) in [4.78, 5) is 11.8. The van der Waals surface area contributed by atoms with Crippen LogP contribution in [0.4, 0.5) is 0 Å². The van der Waals surface area contributed by atoms with Gasteiger partial charge in [-0.1, -0.05) is 30.0 Å². The lowest BCUT2D eigenvalue weighted by Gasteiger charge is -2.05. The number of methoxy groups -OCH3 is 1. The van der Waals surface area contributed by atoms with Crippen molar-refractivity contribution in [1.82, 2.24) is 10.2 Å². The molecule has 0 saturated carbocycles. The number of benzene rings is 2. The third-order valence-electron chi connectivity index (χ3n) is 3.82. The standard InChI is InChI=1S/C19H14N2O4S/c1-23-14-7-8-15-13(9-17(22)24-16(15)10-14)11-26-19-21-20-18(25-19)12-5-3-2-4-6-12/h2-10H,11H2,1H3. The number of fused-ring (bicyclic) bond motifs is 1. The van der Waals surface area contributed by atoms with Gasteiger partial charge in [-0.25, -0.2) is 4.79 Å². The minimum Gasteiger partial charge on any atom is -0.497 e. The molecule has 26 heavy (non-hydrogen) atoms. The topological polar surface area (TPSA) is 78.4 Å². The van der Waals surface area contributed by atoms with Crippen LogP contribution in [0.1, 0.15) is 5.56 Å². The van der Waals surface area contributed by atoms with E-state index in [0.29, 0.717) is 28.2 Å². The molecule has 0 amide bonds. The summed E-state index contributed by atoms with van der Waals surface area (Å²) >= 11 is 1.37. The molecular formula is C19H14N2O4S. The maximum Gasteiger partial charge on any atom is 0.336 e. The molecule has 0 spiro atoms. The number of ether oxygens (including phenoxy) is 1. The highest BCUT2D eigenvalue weighted by atomic mass is 32.2. The van der Waals surface area contributed by atoms with E-state index >= 15 is 0 Å². The lowest BCUT2D eigenvalue weighted by atomic mass is 10.1. The van der Waals surface area contributed by atoms with E-state index in [1.165, 1.54) is 17.8 Å². The predicted molar refractivity (Wildman–Crippen MR) is 98.3 cm³/mol. The van der Waals surface area contributed by atoms with E-state index in [0.717, 1.165) is 16.5 Å². The molecule has 6 nitrogen and oxygen atoms in total. The van der Waals surface area contributed by atoms with Gasteiger partial charge in [-0.3, -0.25) is 0 Å². The van der Waals surface area contributed by atoms with E-state index in [9.17, 15) is 4.79 Å². The molecule has 2 aromatic carbocycles. The second-order valence-electron chi connectivity index (χ2n) is 5.48. The van der Waals surface area contributed by atoms with Crippen molar-refractivity contribution in [3.63, 3.8) is 0 Å². The fourth-order valence-corrected chi connectivity index (χ4v) is 3.32. The van der Waals surface area contributed by atoms with Crippen LogP contribution in [0.25, 0.3) is 22.4 Å². The monoisotopic (exact) mass is 366 g/mol. The molecule has 0 unspecified atom stereocenters. The Morgan fingerprint density at radius 2 is 1.88 bits per heavy atom. The van der Waals surface area contributed by atoms with Gasteiger partial charge in [-0.05, 0) is 29.8 Å². The molecule has 4 aromatic rings. The maximum atomic E-state index is 11.8. The molecule has 0 aliphatic rings. The van der Waals surface area contributed by atoms with Crippen molar-refractivity contribution in [2.24, 2.45) is 0 Å². The highest BCUT2D eigenvalue weighted by Crippen LogP contribution is 2.29. The van der Waals surface area contributed by atoms with Gasteiger partial charge in [0.15, 0.2) is 0 Å². The summed E-state index contributed by atoms with van der Waals surface area (Å²) in [6.45, 7) is 0. The van der Waals surface area contributed by atoms with E-state index in [4.69, 9.17) is 13.6 Å². The number of aromatic nitrogens is 2. The van der Waals surface area contributed by atoms with Gasteiger partial charge in [0, 0.05) is 28.8 Å². The van der Waals surface area contributed by atoms with Gasteiger partial charge in [-0.2, -0.15) is 0 Å². The number of rotatable bonds is 5. The first-order valence-electron chi connectivity index (χ1n) is 7.85. The third-order valence-corrected chi connectivity index (χ3v) is 4.68. The van der Waals surface area contributed by atoms with Gasteiger partial charge in [0.2, 0.25) is 5.89 Å². The van der Waals surface area contributed by atoms with Crippen molar-refractivity contribution in [2.75, 3.05) is 7.11 Å². The number of hydrogen-bond acceptors (Lipinski definition) is 7. The Bertz CT molecular complexity index is 1110. The zero-order valence-electron chi connectivity index (χ0n) is 13.8. The second kappa shape index (κ2) is 7.05. The average Bonchev–Trinajstić information content (AvgIpc) is 3.15. The molecule has 130 valence electrons. The fourth-order valence-electron chi connectivity index (χ4n) is 2.56. The summed E-state index contributed by atoms with van der Waals surface area (Å²) in [5.41, 5.74) is 1.79. The molecule has 0 aliphatic heterocycles. The Hall–Kier alpha value is -3.06. The maximum absolute atomic E-state index is 11.8. The SMILES string of the molecule is COc1ccc2c(CSc3nnc(-c4ccccc4)o3)cc(=O)oc2c1. The molecule has 7 heteroatoms. The fraction of sp³-hybridized carbons (Fsp3) is 0.105. The number of thioether (sulfide) groups is 1. The molecule has 0 atom stereocenters. The largest absolute Gasteiger partial charge is 0.497 e. The van der Waals surface area contributed by atoms with Crippen LogP contribution in [0, 0.1) is 0 Å². The molecule has 2 aromatic heterocycles. The van der Waals surface area contributed by atoms with Crippen LogP contribution in [-0.2, 0) is 5.75 Å². The highest BCUT2D eigenvalue weighted by Gasteiger charge is 2.12. The predicted octanol–water partition coefficient (Wildman–Crippen LogP) is 4.14. The summed E-state index contributed by atoms with van der Waals surface area (Å²) < 4.78 is 16.1. The van der Waals surface area contributed by atoms with Gasteiger partial charge in [0.25, 0.3) is 5.22 Å². The van der Waals surface area contributed by atoms with Crippen molar-refractivity contribution in [3.8, 4) is 17.2 Å². The second-order valence-corrected chi connectivity index (χ2v) is 6.41. The molecule has 0 bridgehead atoms. The number of hydrogen-bond donors (Lipinski definition) is 0. The van der Waals surface area contributed by atoms with Crippen LogP contribution >= 0.6 is 11.8 Å². The minimum absolute atomic E-state index is 0.406. The molecule has 0 aliphatic carbocycles. The molecule has 0 radical (unpaired) electrons. The molecular weight excluding hydrogens is 352 g/mol. The van der Waals surface area contributed by atoms with E-state index in [1.807, 2.05) is 42.5 Å². The molecule has 0 N–H and O–H groups in total. The van der Waals surface area contributed by atoms with Crippen LogP contribution in [0.15, 0.2) is 73.4 Å². The Morgan fingerprint density at radius 1 is 1.04 bits per heavy atom. The highest BCUT2D eigenvalue weighted by molar-refractivity contribution is 7.98. The van der Waals surface area contributed by atoms with Crippen LogP contribution in [0.2, 0.25) is 0 Å². The van der Waals surface area contributed by atoms with Crippen LogP contribution in [0.5, 0.6) is 5.75 Å². The van der Waals surface area contributed by atoms with E-state index in [2.05, 4.69) is 10.2 Å². The van der Waals surface area contributed by atoms with Crippen LogP contribution in [0.3, 0.4) is 0 Å². The molecule has 4 rings (SSSR count). The number of nitrogens with zero attached hydrogens (tertiary/aromatic N) is 2. The van der Waals surface area contributed by atoms with Gasteiger partial charge < -0.3 is 13.6 Å². The van der Waals surface area contributed by atoms with E-state index < -0.39 is 5.63 Å². The van der Waals surface area contributed by atoms with Crippen molar-refractivity contribution >= 4 is 22.7 Å². The third kappa shape index (κ3) is 3.34. The Labute approximate surface area is 152 Å². The smallest absolute Gasteiger partial charge is 0.336 e. The van der Waals surface area contributed by atoms with Gasteiger partial charge in [-0.15, -0.1) is 10.2 Å². The summed E-state index contributed by atoms with van der Waals surface area (Å²) in [5.74, 6) is 1.61. The van der Waals surface area contributed by atoms with Crippen LogP contribution in [-0.4, -0.2) is 17.3 Å². The lowest BCUT2D eigenvalue weighted by Crippen LogP contribution is -2.00. The van der Waals surface area contributed by atoms with Crippen molar-refractivity contribution in [2.45, 2.75) is 11.0 Å². The summed E-state index contributed by atoms with van der Waals surface area (Å²) in [6, 6.07) is 16.5. The van der Waals surface area contributed by atoms with Gasteiger partial charge in [0.1, 0.15) is 11.3 Å². The average molecular weight is 366 g/mol. The normalized spacial score (nSPS) is 11.0. The van der Waals surface area contributed by atoms with Crippen molar-refractivity contribution in [1.29, 1.82) is 0 Å². The zero-order valence-corrected chi connectivity index (χ0v) is 14.7. The quantitative estimate of drug-likeness (QED) is 0.388. The van der Waals surface area contributed by atoms with Crippen LogP contribution < -0.4 is 10.4 Å². The summed E-state index contributed by atoms with van der Waals surface area (Å²) in [5, 5.41) is 9.42.